The average molecular weight is 981 g/mol. The van der Waals surface area contributed by atoms with Crippen molar-refractivity contribution < 1.29 is 82.0 Å². The SMILES string of the molecule is CCCCCCCC/C=C\CCCCCCCC(=O)O[C@H](COC(=O)CCC/C=C\C/C=C\C/C=C\C/C=C\CC(O)CCC)COP(=O)(O)O[C@H]1C(O)C(O)C(O)[C@@H](OP(=O)(O)O)C1O. The van der Waals surface area contributed by atoms with Crippen molar-refractivity contribution in [2.75, 3.05) is 13.2 Å². The fourth-order valence-electron chi connectivity index (χ4n) is 6.91. The number of allylic oxidation sites excluding steroid dienone is 9. The van der Waals surface area contributed by atoms with Crippen LogP contribution < -0.4 is 0 Å². The van der Waals surface area contributed by atoms with Crippen LogP contribution in [0.2, 0.25) is 0 Å². The molecular weight excluding hydrogens is 898 g/mol. The molecule has 0 heterocycles. The van der Waals surface area contributed by atoms with Crippen LogP contribution in [0.5, 0.6) is 0 Å². The smallest absolute Gasteiger partial charge is 0.462 e. The first-order valence-electron chi connectivity index (χ1n) is 23.9. The van der Waals surface area contributed by atoms with Crippen LogP contribution in [-0.2, 0) is 41.8 Å². The van der Waals surface area contributed by atoms with Gasteiger partial charge in [-0.25, -0.2) is 9.13 Å². The van der Waals surface area contributed by atoms with Gasteiger partial charge in [-0.15, -0.1) is 0 Å². The van der Waals surface area contributed by atoms with Crippen LogP contribution in [0.3, 0.4) is 0 Å². The van der Waals surface area contributed by atoms with E-state index < -0.39 is 83.5 Å². The van der Waals surface area contributed by atoms with E-state index in [1.807, 2.05) is 37.3 Å². The lowest BCUT2D eigenvalue weighted by atomic mass is 9.85. The predicted molar refractivity (Wildman–Crippen MR) is 252 cm³/mol. The number of esters is 2. The topological polar surface area (TPSA) is 276 Å². The Morgan fingerprint density at radius 1 is 0.545 bits per heavy atom. The maximum absolute atomic E-state index is 13.0. The van der Waals surface area contributed by atoms with Gasteiger partial charge in [0.05, 0.1) is 12.7 Å². The average Bonchev–Trinajstić information content (AvgIpc) is 3.26. The highest BCUT2D eigenvalue weighted by atomic mass is 31.2. The van der Waals surface area contributed by atoms with Crippen LogP contribution >= 0.6 is 15.6 Å². The predicted octanol–water partition coefficient (Wildman–Crippen LogP) is 8.03. The van der Waals surface area contributed by atoms with E-state index in [4.69, 9.17) is 18.5 Å². The number of ether oxygens (including phenoxy) is 2. The van der Waals surface area contributed by atoms with Crippen molar-refractivity contribution in [2.24, 2.45) is 0 Å². The fraction of sp³-hybridized carbons (Fsp3) is 0.745. The Labute approximate surface area is 392 Å². The molecular formula is C47H82O17P2. The third-order valence-corrected chi connectivity index (χ3v) is 12.1. The second-order valence-corrected chi connectivity index (χ2v) is 19.2. The molecule has 0 bridgehead atoms. The van der Waals surface area contributed by atoms with Crippen molar-refractivity contribution in [3.05, 3.63) is 60.8 Å². The van der Waals surface area contributed by atoms with E-state index in [9.17, 15) is 58.9 Å². The zero-order valence-corrected chi connectivity index (χ0v) is 41.0. The Kier molecular flexibility index (Phi) is 35.1. The molecule has 1 aliphatic rings. The highest BCUT2D eigenvalue weighted by molar-refractivity contribution is 7.47. The van der Waals surface area contributed by atoms with Crippen LogP contribution in [0.25, 0.3) is 0 Å². The van der Waals surface area contributed by atoms with Crippen molar-refractivity contribution in [1.29, 1.82) is 0 Å². The molecule has 1 saturated carbocycles. The van der Waals surface area contributed by atoms with Gasteiger partial charge in [0.2, 0.25) is 0 Å². The first-order chi connectivity index (χ1) is 31.5. The van der Waals surface area contributed by atoms with Gasteiger partial charge in [0.15, 0.2) is 6.10 Å². The number of rotatable bonds is 39. The van der Waals surface area contributed by atoms with Crippen molar-refractivity contribution in [3.8, 4) is 0 Å². The minimum Gasteiger partial charge on any atom is -0.462 e. The van der Waals surface area contributed by atoms with Gasteiger partial charge < -0.3 is 49.7 Å². The number of unbranched alkanes of at least 4 members (excludes halogenated alkanes) is 12. The largest absolute Gasteiger partial charge is 0.472 e. The number of phosphoric acid groups is 2. The normalized spacial score (nSPS) is 22.5. The van der Waals surface area contributed by atoms with Gasteiger partial charge in [0, 0.05) is 12.8 Å². The molecule has 0 aromatic carbocycles. The zero-order valence-electron chi connectivity index (χ0n) is 39.2. The first-order valence-corrected chi connectivity index (χ1v) is 26.9. The summed E-state index contributed by atoms with van der Waals surface area (Å²) in [4.78, 5) is 54.2. The Bertz CT molecular complexity index is 1530. The molecule has 0 aromatic heterocycles. The lowest BCUT2D eigenvalue weighted by Gasteiger charge is -2.43. The highest BCUT2D eigenvalue weighted by Crippen LogP contribution is 2.49. The maximum Gasteiger partial charge on any atom is 0.472 e. The number of aliphatic hydroxyl groups is 5. The molecule has 1 aliphatic carbocycles. The second-order valence-electron chi connectivity index (χ2n) is 16.6. The number of hydrogen-bond donors (Lipinski definition) is 8. The number of aliphatic hydroxyl groups excluding tert-OH is 5. The minimum atomic E-state index is -5.38. The molecule has 19 heteroatoms. The van der Waals surface area contributed by atoms with Crippen LogP contribution in [0, 0.1) is 0 Å². The Balaban J connectivity index is 2.64. The van der Waals surface area contributed by atoms with Gasteiger partial charge in [0.25, 0.3) is 0 Å². The van der Waals surface area contributed by atoms with E-state index >= 15 is 0 Å². The Morgan fingerprint density at radius 3 is 1.61 bits per heavy atom. The molecule has 0 saturated heterocycles. The minimum absolute atomic E-state index is 0.0129. The third-order valence-electron chi connectivity index (χ3n) is 10.6. The fourth-order valence-corrected chi connectivity index (χ4v) is 8.45. The summed E-state index contributed by atoms with van der Waals surface area (Å²) in [7, 11) is -10.7. The number of carbonyl (C=O) groups is 2. The van der Waals surface area contributed by atoms with Crippen LogP contribution in [0.15, 0.2) is 60.8 Å². The Hall–Kier alpha value is -2.34. The van der Waals surface area contributed by atoms with Gasteiger partial charge in [-0.1, -0.05) is 132 Å². The lowest BCUT2D eigenvalue weighted by molar-refractivity contribution is -0.216. The van der Waals surface area contributed by atoms with Gasteiger partial charge >= 0.3 is 27.6 Å². The number of hydrogen-bond acceptors (Lipinski definition) is 14. The van der Waals surface area contributed by atoms with Crippen LogP contribution in [-0.4, -0.2) is 114 Å². The molecule has 1 fully saturated rings. The summed E-state index contributed by atoms with van der Waals surface area (Å²) < 4.78 is 49.3. The maximum atomic E-state index is 13.0. The van der Waals surface area contributed by atoms with Crippen molar-refractivity contribution >= 4 is 27.6 Å². The van der Waals surface area contributed by atoms with Crippen LogP contribution in [0.4, 0.5) is 0 Å². The summed E-state index contributed by atoms with van der Waals surface area (Å²) in [5.41, 5.74) is 0. The second kappa shape index (κ2) is 37.5. The summed E-state index contributed by atoms with van der Waals surface area (Å²) in [6, 6.07) is 0. The van der Waals surface area contributed by atoms with E-state index in [1.54, 1.807) is 0 Å². The molecule has 0 amide bonds. The zero-order chi connectivity index (χ0) is 49.1. The van der Waals surface area contributed by atoms with E-state index in [0.29, 0.717) is 25.7 Å². The van der Waals surface area contributed by atoms with E-state index in [2.05, 4.69) is 41.8 Å². The van der Waals surface area contributed by atoms with Crippen molar-refractivity contribution in [2.45, 2.75) is 210 Å². The van der Waals surface area contributed by atoms with Gasteiger partial charge in [0.1, 0.15) is 43.2 Å². The molecule has 6 unspecified atom stereocenters. The van der Waals surface area contributed by atoms with Gasteiger partial charge in [-0.3, -0.25) is 23.2 Å². The van der Waals surface area contributed by atoms with Crippen molar-refractivity contribution in [1.82, 2.24) is 0 Å². The summed E-state index contributed by atoms with van der Waals surface area (Å²) in [6.07, 6.45) is 25.3. The molecule has 0 spiro atoms. The first kappa shape index (κ1) is 61.7. The number of carbonyl (C=O) groups excluding carboxylic acids is 2. The van der Waals surface area contributed by atoms with Gasteiger partial charge in [-0.2, -0.15) is 0 Å². The van der Waals surface area contributed by atoms with Gasteiger partial charge in [-0.05, 0) is 77.0 Å². The van der Waals surface area contributed by atoms with Crippen LogP contribution in [0.1, 0.15) is 162 Å². The molecule has 0 aliphatic heterocycles. The molecule has 0 aromatic rings. The molecule has 0 radical (unpaired) electrons. The van der Waals surface area contributed by atoms with E-state index in [-0.39, 0.29) is 18.9 Å². The molecule has 382 valence electrons. The summed E-state index contributed by atoms with van der Waals surface area (Å²) in [5.74, 6) is -1.30. The van der Waals surface area contributed by atoms with E-state index in [0.717, 1.165) is 70.6 Å². The van der Waals surface area contributed by atoms with Crippen molar-refractivity contribution in [3.63, 3.8) is 0 Å². The molecule has 17 nitrogen and oxygen atoms in total. The molecule has 9 atom stereocenters. The Morgan fingerprint density at radius 2 is 1.03 bits per heavy atom. The summed E-state index contributed by atoms with van der Waals surface area (Å²) >= 11 is 0. The number of phosphoric ester groups is 2. The highest BCUT2D eigenvalue weighted by Gasteiger charge is 2.54. The molecule has 1 rings (SSSR count). The standard InChI is InChI=1S/C47H82O17P2/c1-3-5-6-7-8-9-10-11-12-15-19-22-25-28-31-35-41(50)62-39(37-61-66(58,59)64-47-44(53)42(51)43(52)46(45(47)54)63-65(55,56)57)36-60-40(49)34-30-27-24-21-18-16-13-14-17-20-23-26-29-33-38(48)32-4-2/h11-13,16-17,20-21,24,26,29,38-39,42-48,51-54H,3-10,14-15,18-19,22-23,25,27-28,30-37H2,1-2H3,(H,58,59)(H2,55,56,57)/b12-11-,16-13-,20-17-,24-21-,29-26-/t38?,39-,42?,43?,44?,45?,46-,47+/m1/s1. The summed E-state index contributed by atoms with van der Waals surface area (Å²) in [6.45, 7) is 2.84. The third kappa shape index (κ3) is 31.7. The monoisotopic (exact) mass is 981 g/mol. The lowest BCUT2D eigenvalue weighted by Crippen LogP contribution is -2.64. The summed E-state index contributed by atoms with van der Waals surface area (Å²) in [5, 5.41) is 51.0. The van der Waals surface area contributed by atoms with E-state index in [1.165, 1.54) is 38.5 Å². The molecule has 8 N–H and O–H groups in total. The molecule has 66 heavy (non-hydrogen) atoms. The quantitative estimate of drug-likeness (QED) is 0.0125.